The Hall–Kier alpha value is -1.46. The molecule has 1 aromatic carbocycles. The highest BCUT2D eigenvalue weighted by molar-refractivity contribution is 5.78. The van der Waals surface area contributed by atoms with Gasteiger partial charge in [-0.1, -0.05) is 12.1 Å². The SMILES string of the molecule is NC1CCC2CN(CC(=O)NCc3ccc(F)cc3)CC12. The first-order valence-corrected chi connectivity index (χ1v) is 7.61. The summed E-state index contributed by atoms with van der Waals surface area (Å²) in [5.74, 6) is 0.998. The number of hydrogen-bond donors (Lipinski definition) is 2. The number of nitrogens with one attached hydrogen (secondary N) is 1. The van der Waals surface area contributed by atoms with Crippen LogP contribution in [0.4, 0.5) is 4.39 Å². The van der Waals surface area contributed by atoms with E-state index in [1.807, 2.05) is 0 Å². The van der Waals surface area contributed by atoms with Crippen LogP contribution in [0.15, 0.2) is 24.3 Å². The van der Waals surface area contributed by atoms with Crippen LogP contribution in [0.2, 0.25) is 0 Å². The van der Waals surface area contributed by atoms with Crippen molar-refractivity contribution in [2.75, 3.05) is 19.6 Å². The van der Waals surface area contributed by atoms with Crippen LogP contribution >= 0.6 is 0 Å². The molecular formula is C16H22FN3O. The van der Waals surface area contributed by atoms with Crippen molar-refractivity contribution >= 4 is 5.91 Å². The molecule has 4 nitrogen and oxygen atoms in total. The van der Waals surface area contributed by atoms with E-state index in [-0.39, 0.29) is 11.7 Å². The molecule has 0 bridgehead atoms. The second-order valence-electron chi connectivity index (χ2n) is 6.26. The number of fused-ring (bicyclic) bond motifs is 1. The molecule has 1 amide bonds. The van der Waals surface area contributed by atoms with Crippen molar-refractivity contribution < 1.29 is 9.18 Å². The van der Waals surface area contributed by atoms with E-state index in [1.54, 1.807) is 12.1 Å². The first kappa shape index (κ1) is 14.5. The molecule has 1 saturated carbocycles. The summed E-state index contributed by atoms with van der Waals surface area (Å²) in [6.07, 6.45) is 2.32. The summed E-state index contributed by atoms with van der Waals surface area (Å²) in [6.45, 7) is 2.80. The van der Waals surface area contributed by atoms with Gasteiger partial charge in [-0.2, -0.15) is 0 Å². The highest BCUT2D eigenvalue weighted by Crippen LogP contribution is 2.36. The fourth-order valence-electron chi connectivity index (χ4n) is 3.59. The smallest absolute Gasteiger partial charge is 0.234 e. The zero-order chi connectivity index (χ0) is 14.8. The van der Waals surface area contributed by atoms with Crippen LogP contribution < -0.4 is 11.1 Å². The van der Waals surface area contributed by atoms with Crippen molar-refractivity contribution in [2.45, 2.75) is 25.4 Å². The van der Waals surface area contributed by atoms with Crippen molar-refractivity contribution in [1.29, 1.82) is 0 Å². The molecule has 1 aliphatic carbocycles. The predicted molar refractivity (Wildman–Crippen MR) is 78.9 cm³/mol. The van der Waals surface area contributed by atoms with Gasteiger partial charge in [0.15, 0.2) is 0 Å². The third-order valence-corrected chi connectivity index (χ3v) is 4.76. The number of halogens is 1. The van der Waals surface area contributed by atoms with Gasteiger partial charge in [0.1, 0.15) is 5.82 Å². The van der Waals surface area contributed by atoms with E-state index in [9.17, 15) is 9.18 Å². The number of nitrogens with two attached hydrogens (primary N) is 1. The topological polar surface area (TPSA) is 58.4 Å². The van der Waals surface area contributed by atoms with Crippen LogP contribution in [0.25, 0.3) is 0 Å². The molecule has 2 aliphatic rings. The maximum atomic E-state index is 12.8. The number of carbonyl (C=O) groups is 1. The number of hydrogen-bond acceptors (Lipinski definition) is 3. The second kappa shape index (κ2) is 6.12. The fraction of sp³-hybridized carbons (Fsp3) is 0.562. The van der Waals surface area contributed by atoms with E-state index < -0.39 is 0 Å². The van der Waals surface area contributed by atoms with Crippen molar-refractivity contribution in [2.24, 2.45) is 17.6 Å². The molecule has 21 heavy (non-hydrogen) atoms. The Labute approximate surface area is 124 Å². The number of likely N-dealkylation sites (tertiary alicyclic amines) is 1. The summed E-state index contributed by atoms with van der Waals surface area (Å²) in [5.41, 5.74) is 7.01. The molecule has 3 N–H and O–H groups in total. The van der Waals surface area contributed by atoms with Gasteiger partial charge in [-0.25, -0.2) is 4.39 Å². The van der Waals surface area contributed by atoms with Crippen LogP contribution in [0.3, 0.4) is 0 Å². The molecule has 3 unspecified atom stereocenters. The molecule has 1 saturated heterocycles. The molecule has 0 radical (unpaired) electrons. The van der Waals surface area contributed by atoms with Crippen molar-refractivity contribution in [3.63, 3.8) is 0 Å². The molecule has 5 heteroatoms. The van der Waals surface area contributed by atoms with Gasteiger partial charge in [-0.3, -0.25) is 9.69 Å². The summed E-state index contributed by atoms with van der Waals surface area (Å²) >= 11 is 0. The monoisotopic (exact) mass is 291 g/mol. The van der Waals surface area contributed by atoms with Crippen LogP contribution in [-0.2, 0) is 11.3 Å². The van der Waals surface area contributed by atoms with Crippen LogP contribution in [0, 0.1) is 17.7 Å². The molecule has 1 aromatic rings. The third kappa shape index (κ3) is 3.41. The Balaban J connectivity index is 1.44. The van der Waals surface area contributed by atoms with Gasteiger partial charge < -0.3 is 11.1 Å². The average molecular weight is 291 g/mol. The number of amides is 1. The maximum Gasteiger partial charge on any atom is 0.234 e. The minimum atomic E-state index is -0.259. The maximum absolute atomic E-state index is 12.8. The molecule has 1 aliphatic heterocycles. The number of carbonyl (C=O) groups excluding carboxylic acids is 1. The zero-order valence-electron chi connectivity index (χ0n) is 12.1. The highest BCUT2D eigenvalue weighted by Gasteiger charge is 2.41. The minimum Gasteiger partial charge on any atom is -0.351 e. The van der Waals surface area contributed by atoms with Crippen molar-refractivity contribution in [3.05, 3.63) is 35.6 Å². The van der Waals surface area contributed by atoms with Crippen molar-refractivity contribution in [3.8, 4) is 0 Å². The van der Waals surface area contributed by atoms with E-state index in [0.717, 1.165) is 25.1 Å². The lowest BCUT2D eigenvalue weighted by atomic mass is 9.98. The quantitative estimate of drug-likeness (QED) is 0.874. The minimum absolute atomic E-state index is 0.0212. The van der Waals surface area contributed by atoms with Gasteiger partial charge >= 0.3 is 0 Å². The zero-order valence-corrected chi connectivity index (χ0v) is 12.1. The highest BCUT2D eigenvalue weighted by atomic mass is 19.1. The van der Waals surface area contributed by atoms with Crippen molar-refractivity contribution in [1.82, 2.24) is 10.2 Å². The normalized spacial score (nSPS) is 28.6. The summed E-state index contributed by atoms with van der Waals surface area (Å²) in [5, 5.41) is 2.89. The summed E-state index contributed by atoms with van der Waals surface area (Å²) < 4.78 is 12.8. The molecule has 3 rings (SSSR count). The van der Waals surface area contributed by atoms with E-state index in [0.29, 0.717) is 31.0 Å². The molecule has 114 valence electrons. The summed E-state index contributed by atoms with van der Waals surface area (Å²) in [7, 11) is 0. The van der Waals surface area contributed by atoms with Gasteiger partial charge in [0.05, 0.1) is 6.54 Å². The molecule has 2 fully saturated rings. The van der Waals surface area contributed by atoms with Crippen LogP contribution in [0.1, 0.15) is 18.4 Å². The van der Waals surface area contributed by atoms with Gasteiger partial charge in [0, 0.05) is 25.7 Å². The van der Waals surface area contributed by atoms with Crippen LogP contribution in [-0.4, -0.2) is 36.5 Å². The average Bonchev–Trinajstić information content (AvgIpc) is 3.00. The number of rotatable bonds is 4. The molecular weight excluding hydrogens is 269 g/mol. The lowest BCUT2D eigenvalue weighted by Gasteiger charge is -2.17. The largest absolute Gasteiger partial charge is 0.351 e. The Bertz CT molecular complexity index is 505. The Kier molecular flexibility index (Phi) is 4.22. The molecule has 3 atom stereocenters. The Morgan fingerprint density at radius 1 is 1.29 bits per heavy atom. The Morgan fingerprint density at radius 2 is 2.05 bits per heavy atom. The van der Waals surface area contributed by atoms with Gasteiger partial charge in [-0.05, 0) is 42.4 Å². The van der Waals surface area contributed by atoms with Gasteiger partial charge in [0.2, 0.25) is 5.91 Å². The van der Waals surface area contributed by atoms with E-state index in [4.69, 9.17) is 5.73 Å². The molecule has 1 heterocycles. The first-order chi connectivity index (χ1) is 10.1. The number of benzene rings is 1. The summed E-state index contributed by atoms with van der Waals surface area (Å²) in [6, 6.07) is 6.50. The van der Waals surface area contributed by atoms with E-state index in [2.05, 4.69) is 10.2 Å². The predicted octanol–water partition coefficient (Wildman–Crippen LogP) is 1.11. The molecule has 0 spiro atoms. The summed E-state index contributed by atoms with van der Waals surface area (Å²) in [4.78, 5) is 14.2. The van der Waals surface area contributed by atoms with Gasteiger partial charge in [0.25, 0.3) is 0 Å². The Morgan fingerprint density at radius 3 is 2.76 bits per heavy atom. The number of nitrogens with zero attached hydrogens (tertiary/aromatic N) is 1. The molecule has 0 aromatic heterocycles. The second-order valence-corrected chi connectivity index (χ2v) is 6.26. The lowest BCUT2D eigenvalue weighted by Crippen LogP contribution is -2.37. The van der Waals surface area contributed by atoms with Crippen LogP contribution in [0.5, 0.6) is 0 Å². The standard InChI is InChI=1S/C16H22FN3O/c17-13-4-1-11(2-5-13)7-19-16(21)10-20-8-12-3-6-15(18)14(12)9-20/h1-2,4-5,12,14-15H,3,6-10,18H2,(H,19,21). The fourth-order valence-corrected chi connectivity index (χ4v) is 3.59. The van der Waals surface area contributed by atoms with E-state index >= 15 is 0 Å². The first-order valence-electron chi connectivity index (χ1n) is 7.61. The third-order valence-electron chi connectivity index (χ3n) is 4.76. The van der Waals surface area contributed by atoms with Gasteiger partial charge in [-0.15, -0.1) is 0 Å². The van der Waals surface area contributed by atoms with E-state index in [1.165, 1.54) is 18.6 Å². The lowest BCUT2D eigenvalue weighted by molar-refractivity contribution is -0.122.